The minimum Gasteiger partial charge on any atom is -0.313 e. The van der Waals surface area contributed by atoms with Crippen molar-refractivity contribution in [3.8, 4) is 0 Å². The highest BCUT2D eigenvalue weighted by molar-refractivity contribution is 6.30. The number of nitrogens with zero attached hydrogens (tertiary/aromatic N) is 1. The average Bonchev–Trinajstić information content (AvgIpc) is 2.50. The molecule has 0 aromatic heterocycles. The lowest BCUT2D eigenvalue weighted by Gasteiger charge is -2.34. The van der Waals surface area contributed by atoms with Gasteiger partial charge in [0.25, 0.3) is 0 Å². The van der Waals surface area contributed by atoms with E-state index in [4.69, 9.17) is 11.6 Å². The van der Waals surface area contributed by atoms with Crippen molar-refractivity contribution in [1.82, 2.24) is 10.2 Å². The molecule has 0 spiro atoms. The van der Waals surface area contributed by atoms with Crippen LogP contribution >= 0.6 is 11.6 Å². The van der Waals surface area contributed by atoms with Crippen LogP contribution in [-0.2, 0) is 0 Å². The highest BCUT2D eigenvalue weighted by atomic mass is 35.5. The first-order valence-corrected chi connectivity index (χ1v) is 8.61. The number of hydrogen-bond donors (Lipinski definition) is 1. The molecule has 1 aliphatic rings. The molecule has 1 saturated carbocycles. The van der Waals surface area contributed by atoms with E-state index >= 15 is 0 Å². The zero-order chi connectivity index (χ0) is 15.2. The van der Waals surface area contributed by atoms with E-state index in [0.29, 0.717) is 6.04 Å². The molecule has 0 saturated heterocycles. The van der Waals surface area contributed by atoms with Gasteiger partial charge in [-0.25, -0.2) is 0 Å². The zero-order valence-corrected chi connectivity index (χ0v) is 14.4. The van der Waals surface area contributed by atoms with Crippen LogP contribution in [0.1, 0.15) is 50.6 Å². The monoisotopic (exact) mass is 308 g/mol. The Morgan fingerprint density at radius 2 is 1.81 bits per heavy atom. The Morgan fingerprint density at radius 3 is 2.38 bits per heavy atom. The van der Waals surface area contributed by atoms with Gasteiger partial charge in [-0.3, -0.25) is 0 Å². The van der Waals surface area contributed by atoms with E-state index in [2.05, 4.69) is 36.3 Å². The standard InChI is InChI=1S/C18H29ClN2/c1-14-4-10-17(11-5-14)21(3)13-12-18(20-2)15-6-8-16(19)9-7-15/h6-9,14,17-18,20H,4-5,10-13H2,1-3H3. The van der Waals surface area contributed by atoms with Crippen molar-refractivity contribution >= 4 is 11.6 Å². The van der Waals surface area contributed by atoms with Crippen molar-refractivity contribution in [1.29, 1.82) is 0 Å². The Balaban J connectivity index is 1.83. The number of halogens is 1. The van der Waals surface area contributed by atoms with Crippen LogP contribution in [0.3, 0.4) is 0 Å². The molecule has 1 unspecified atom stereocenters. The molecule has 0 aliphatic heterocycles. The van der Waals surface area contributed by atoms with Gasteiger partial charge in [-0.15, -0.1) is 0 Å². The summed E-state index contributed by atoms with van der Waals surface area (Å²) in [6.07, 6.45) is 6.65. The molecule has 0 radical (unpaired) electrons. The summed E-state index contributed by atoms with van der Waals surface area (Å²) in [5.74, 6) is 0.925. The second-order valence-corrected chi connectivity index (χ2v) is 7.01. The molecule has 118 valence electrons. The van der Waals surface area contributed by atoms with E-state index in [1.54, 1.807) is 0 Å². The molecule has 1 fully saturated rings. The predicted molar refractivity (Wildman–Crippen MR) is 91.9 cm³/mol. The molecule has 1 aliphatic carbocycles. The molecule has 0 heterocycles. The third kappa shape index (κ3) is 4.98. The summed E-state index contributed by atoms with van der Waals surface area (Å²) in [5.41, 5.74) is 1.33. The van der Waals surface area contributed by atoms with Crippen molar-refractivity contribution in [3.05, 3.63) is 34.9 Å². The first-order valence-electron chi connectivity index (χ1n) is 8.23. The summed E-state index contributed by atoms with van der Waals surface area (Å²) in [4.78, 5) is 2.56. The molecule has 1 aromatic rings. The van der Waals surface area contributed by atoms with Gasteiger partial charge < -0.3 is 10.2 Å². The third-order valence-corrected chi connectivity index (χ3v) is 5.25. The van der Waals surface area contributed by atoms with E-state index < -0.39 is 0 Å². The topological polar surface area (TPSA) is 15.3 Å². The van der Waals surface area contributed by atoms with Crippen LogP contribution in [-0.4, -0.2) is 31.6 Å². The van der Waals surface area contributed by atoms with Crippen LogP contribution in [0, 0.1) is 5.92 Å². The van der Waals surface area contributed by atoms with Crippen LogP contribution < -0.4 is 5.32 Å². The molecule has 1 aromatic carbocycles. The largest absolute Gasteiger partial charge is 0.313 e. The first kappa shape index (κ1) is 16.8. The van der Waals surface area contributed by atoms with E-state index in [-0.39, 0.29) is 0 Å². The van der Waals surface area contributed by atoms with Gasteiger partial charge in [0, 0.05) is 17.1 Å². The van der Waals surface area contributed by atoms with Gasteiger partial charge in [0.15, 0.2) is 0 Å². The van der Waals surface area contributed by atoms with Gasteiger partial charge in [0.05, 0.1) is 0 Å². The summed E-state index contributed by atoms with van der Waals surface area (Å²) >= 11 is 5.97. The zero-order valence-electron chi connectivity index (χ0n) is 13.6. The number of nitrogens with one attached hydrogen (secondary N) is 1. The van der Waals surface area contributed by atoms with Gasteiger partial charge in [-0.1, -0.05) is 30.7 Å². The van der Waals surface area contributed by atoms with Crippen molar-refractivity contribution in [2.75, 3.05) is 20.6 Å². The molecular formula is C18H29ClN2. The Kier molecular flexibility index (Phi) is 6.53. The van der Waals surface area contributed by atoms with Gasteiger partial charge >= 0.3 is 0 Å². The number of rotatable bonds is 6. The van der Waals surface area contributed by atoms with Crippen LogP contribution in [0.2, 0.25) is 5.02 Å². The van der Waals surface area contributed by atoms with Crippen LogP contribution in [0.4, 0.5) is 0 Å². The van der Waals surface area contributed by atoms with Gasteiger partial charge in [-0.05, 0) is 76.4 Å². The molecular weight excluding hydrogens is 280 g/mol. The summed E-state index contributed by atoms with van der Waals surface area (Å²) in [6, 6.07) is 9.41. The summed E-state index contributed by atoms with van der Waals surface area (Å²) in [6.45, 7) is 3.53. The summed E-state index contributed by atoms with van der Waals surface area (Å²) in [5, 5.41) is 4.24. The SMILES string of the molecule is CNC(CCN(C)C1CCC(C)CC1)c1ccc(Cl)cc1. The molecule has 1 atom stereocenters. The highest BCUT2D eigenvalue weighted by Crippen LogP contribution is 2.27. The molecule has 3 heteroatoms. The fourth-order valence-electron chi connectivity index (χ4n) is 3.37. The van der Waals surface area contributed by atoms with Crippen molar-refractivity contribution < 1.29 is 0 Å². The smallest absolute Gasteiger partial charge is 0.0406 e. The summed E-state index contributed by atoms with van der Waals surface area (Å²) < 4.78 is 0. The molecule has 21 heavy (non-hydrogen) atoms. The minimum atomic E-state index is 0.409. The van der Waals surface area contributed by atoms with Crippen LogP contribution in [0.5, 0.6) is 0 Å². The minimum absolute atomic E-state index is 0.409. The lowest BCUT2D eigenvalue weighted by atomic mass is 9.86. The normalized spacial score (nSPS) is 24.2. The number of benzene rings is 1. The molecule has 1 N–H and O–H groups in total. The maximum Gasteiger partial charge on any atom is 0.0406 e. The lowest BCUT2D eigenvalue weighted by Crippen LogP contribution is -2.36. The Morgan fingerprint density at radius 1 is 1.19 bits per heavy atom. The van der Waals surface area contributed by atoms with Crippen LogP contribution in [0.15, 0.2) is 24.3 Å². The van der Waals surface area contributed by atoms with Gasteiger partial charge in [-0.2, -0.15) is 0 Å². The maximum absolute atomic E-state index is 5.97. The van der Waals surface area contributed by atoms with Crippen molar-refractivity contribution in [3.63, 3.8) is 0 Å². The molecule has 2 rings (SSSR count). The first-order chi connectivity index (χ1) is 10.1. The van der Waals surface area contributed by atoms with E-state index in [1.807, 2.05) is 19.2 Å². The highest BCUT2D eigenvalue weighted by Gasteiger charge is 2.22. The molecule has 0 amide bonds. The Hall–Kier alpha value is -0.570. The van der Waals surface area contributed by atoms with Gasteiger partial charge in [0.1, 0.15) is 0 Å². The Labute approximate surface area is 134 Å². The van der Waals surface area contributed by atoms with Crippen molar-refractivity contribution in [2.45, 2.75) is 51.1 Å². The lowest BCUT2D eigenvalue weighted by molar-refractivity contribution is 0.164. The Bertz CT molecular complexity index is 410. The predicted octanol–water partition coefficient (Wildman–Crippen LogP) is 4.50. The maximum atomic E-state index is 5.97. The fourth-order valence-corrected chi connectivity index (χ4v) is 3.50. The third-order valence-electron chi connectivity index (χ3n) is 5.00. The number of hydrogen-bond acceptors (Lipinski definition) is 2. The van der Waals surface area contributed by atoms with Gasteiger partial charge in [0.2, 0.25) is 0 Å². The van der Waals surface area contributed by atoms with E-state index in [0.717, 1.165) is 29.9 Å². The summed E-state index contributed by atoms with van der Waals surface area (Å²) in [7, 11) is 4.33. The molecule has 2 nitrogen and oxygen atoms in total. The van der Waals surface area contributed by atoms with E-state index in [1.165, 1.54) is 31.2 Å². The average molecular weight is 309 g/mol. The second-order valence-electron chi connectivity index (χ2n) is 6.58. The fraction of sp³-hybridized carbons (Fsp3) is 0.667. The van der Waals surface area contributed by atoms with E-state index in [9.17, 15) is 0 Å². The second kappa shape index (κ2) is 8.17. The van der Waals surface area contributed by atoms with Crippen LogP contribution in [0.25, 0.3) is 0 Å². The van der Waals surface area contributed by atoms with Crippen molar-refractivity contribution in [2.24, 2.45) is 5.92 Å². The molecule has 0 bridgehead atoms. The quantitative estimate of drug-likeness (QED) is 0.832.